The van der Waals surface area contributed by atoms with Crippen LogP contribution in [0.25, 0.3) is 10.9 Å². The number of carbonyl (C=O) groups is 13. The van der Waals surface area contributed by atoms with Crippen molar-refractivity contribution in [1.82, 2.24) is 61.4 Å². The fourth-order valence-corrected chi connectivity index (χ4v) is 13.7. The minimum absolute atomic E-state index is 0.0160. The number of rotatable bonds is 28. The molecule has 1 aromatic carbocycles. The van der Waals surface area contributed by atoms with Crippen LogP contribution in [-0.2, 0) is 68.7 Å². The van der Waals surface area contributed by atoms with Crippen LogP contribution in [0, 0.1) is 5.92 Å². The molecule has 508 valence electrons. The number of nitrogens with zero attached hydrogens (tertiary/aromatic N) is 6. The zero-order valence-corrected chi connectivity index (χ0v) is 53.0. The molecule has 6 saturated heterocycles. The van der Waals surface area contributed by atoms with Crippen LogP contribution in [0.5, 0.6) is 0 Å². The molecule has 13 atom stereocenters. The molecule has 0 saturated carbocycles. The summed E-state index contributed by atoms with van der Waals surface area (Å²) in [5, 5.41) is 38.1. The predicted molar refractivity (Wildman–Crippen MR) is 334 cm³/mol. The third-order valence-electron chi connectivity index (χ3n) is 18.9. The van der Waals surface area contributed by atoms with Crippen molar-refractivity contribution in [3.63, 3.8) is 0 Å². The number of aliphatic carboxylic acids is 1. The molecule has 6 aliphatic rings. The first-order valence-electron chi connectivity index (χ1n) is 32.5. The zero-order chi connectivity index (χ0) is 67.4. The number of para-hydroxylation sites is 1. The van der Waals surface area contributed by atoms with Gasteiger partial charge in [-0.05, 0) is 114 Å². The lowest BCUT2D eigenvalue weighted by molar-refractivity contribution is -0.152. The van der Waals surface area contributed by atoms with E-state index in [1.807, 2.05) is 24.3 Å². The van der Waals surface area contributed by atoms with Crippen molar-refractivity contribution in [1.29, 1.82) is 0 Å². The van der Waals surface area contributed by atoms with Crippen LogP contribution >= 0.6 is 0 Å². The Morgan fingerprint density at radius 3 is 1.69 bits per heavy atom. The number of carbonyl (C=O) groups excluding carboxylic acids is 12. The Labute approximate surface area is 538 Å². The summed E-state index contributed by atoms with van der Waals surface area (Å²) in [5.41, 5.74) is 18.2. The summed E-state index contributed by atoms with van der Waals surface area (Å²) in [6, 6.07) is -5.79. The van der Waals surface area contributed by atoms with Gasteiger partial charge in [0.25, 0.3) is 0 Å². The molecule has 6 fully saturated rings. The van der Waals surface area contributed by atoms with Crippen molar-refractivity contribution >= 4 is 93.7 Å². The van der Waals surface area contributed by atoms with Crippen LogP contribution in [0.3, 0.4) is 0 Å². The first kappa shape index (κ1) is 70.0. The maximum atomic E-state index is 14.8. The topological polar surface area (TPSA) is 457 Å². The number of aromatic amines is 1. The van der Waals surface area contributed by atoms with Crippen LogP contribution in [0.4, 0.5) is 0 Å². The van der Waals surface area contributed by atoms with Crippen molar-refractivity contribution in [2.45, 2.75) is 209 Å². The Morgan fingerprint density at radius 2 is 1.13 bits per heavy atom. The highest BCUT2D eigenvalue weighted by molar-refractivity contribution is 6.01. The van der Waals surface area contributed by atoms with E-state index in [2.05, 4.69) is 41.9 Å². The van der Waals surface area contributed by atoms with Gasteiger partial charge in [-0.1, -0.05) is 38.5 Å². The van der Waals surface area contributed by atoms with E-state index in [0.29, 0.717) is 32.1 Å². The largest absolute Gasteiger partial charge is 0.480 e. The van der Waals surface area contributed by atoms with Gasteiger partial charge >= 0.3 is 5.97 Å². The lowest BCUT2D eigenvalue weighted by Crippen LogP contribution is -2.62. The van der Waals surface area contributed by atoms with E-state index in [1.165, 1.54) is 26.5 Å². The number of carboxylic acid groups (broad SMARTS) is 1. The molecule has 93 heavy (non-hydrogen) atoms. The summed E-state index contributed by atoms with van der Waals surface area (Å²) in [7, 11) is 0. The number of benzene rings is 1. The molecule has 0 spiro atoms. The Hall–Kier alpha value is -8.90. The molecule has 7 heterocycles. The first-order valence-corrected chi connectivity index (χ1v) is 32.5. The van der Waals surface area contributed by atoms with Crippen molar-refractivity contribution in [2.24, 2.45) is 28.1 Å². The third kappa shape index (κ3) is 16.9. The van der Waals surface area contributed by atoms with Crippen molar-refractivity contribution in [3.05, 3.63) is 36.0 Å². The summed E-state index contributed by atoms with van der Waals surface area (Å²) >= 11 is 0. The molecule has 0 aliphatic carbocycles. The summed E-state index contributed by atoms with van der Waals surface area (Å²) in [6.45, 7) is 5.41. The predicted octanol–water partition coefficient (Wildman–Crippen LogP) is -2.80. The van der Waals surface area contributed by atoms with E-state index in [4.69, 9.17) is 17.2 Å². The van der Waals surface area contributed by atoms with Gasteiger partial charge in [-0.3, -0.25) is 62.5 Å². The number of nitrogens with one attached hydrogen (secondary N) is 7. The molecule has 6 aliphatic heterocycles. The summed E-state index contributed by atoms with van der Waals surface area (Å²) in [5.74, 6) is -9.85. The molecule has 31 heteroatoms. The molecular formula is C62H90N16O15. The molecule has 2 aromatic rings. The highest BCUT2D eigenvalue weighted by Crippen LogP contribution is 2.29. The van der Waals surface area contributed by atoms with Gasteiger partial charge in [-0.25, -0.2) is 4.79 Å². The number of guanidine groups is 1. The van der Waals surface area contributed by atoms with Gasteiger partial charge in [0, 0.05) is 75.6 Å². The van der Waals surface area contributed by atoms with Gasteiger partial charge in [0.15, 0.2) is 5.96 Å². The SMILES string of the molecule is CC[C@H](C)[C@H](NC(=O)[C@H](CCC(N)=O)NC(=O)[C@@H]1CCCN1C(=O)[C@@H](NC(=O)[C@@H]1CCCN1C(=O)[C@H](CCCN=C(N)N)NC(=O)[C@@H]1CCCN1C(=O)[C@H](Cc1c[nH]c2ccccc12)NC(=O)[C@@H]1CCC(=O)N1)[C@@H](C)O)C(=O)N1CCC[C@H]1C(=O)N1CCC[C@H]1C(=O)O. The van der Waals surface area contributed by atoms with Crippen molar-refractivity contribution < 1.29 is 72.5 Å². The molecular weight excluding hydrogens is 1210 g/mol. The molecule has 0 bridgehead atoms. The van der Waals surface area contributed by atoms with Crippen LogP contribution in [0.2, 0.25) is 0 Å². The number of aliphatic imine (C=N–C) groups is 1. The average molecular weight is 1300 g/mol. The highest BCUT2D eigenvalue weighted by Gasteiger charge is 2.48. The molecule has 15 N–H and O–H groups in total. The van der Waals surface area contributed by atoms with Gasteiger partial charge in [-0.15, -0.1) is 0 Å². The van der Waals surface area contributed by atoms with Gasteiger partial charge in [-0.2, -0.15) is 0 Å². The number of H-pyrrole nitrogens is 1. The summed E-state index contributed by atoms with van der Waals surface area (Å²) < 4.78 is 0. The monoisotopic (exact) mass is 1300 g/mol. The van der Waals surface area contributed by atoms with Gasteiger partial charge in [0.1, 0.15) is 66.5 Å². The second kappa shape index (κ2) is 31.6. The molecule has 31 nitrogen and oxygen atoms in total. The van der Waals surface area contributed by atoms with Crippen LogP contribution in [0.1, 0.15) is 135 Å². The number of hydrogen-bond donors (Lipinski definition) is 12. The number of aromatic nitrogens is 1. The number of nitrogens with two attached hydrogens (primary N) is 3. The Bertz CT molecular complexity index is 3190. The lowest BCUT2D eigenvalue weighted by Gasteiger charge is -2.35. The van der Waals surface area contributed by atoms with Crippen LogP contribution in [0.15, 0.2) is 35.5 Å². The number of hydrogen-bond acceptors (Lipinski definition) is 15. The standard InChI is InChI=1S/C62H90N16O15/c1-4-33(2)49(59(90)77-29-11-19-45(77)58(89)78-30-12-20-46(78)61(92)93)72-52(83)39(21-23-47(63)80)69-53(84)43-17-10-28-76(43)60(91)50(34(3)79)73-55(86)44-18-9-26-74(44)56(87)40(15-7-25-66-62(64)65)70-54(85)42-16-8-27-75(42)57(88)41(71-51(82)38-22-24-48(81)68-38)31-35-32-67-37-14-6-5-13-36(35)37/h5-6,13-14,32-34,38-46,49-50,67,79H,4,7-12,15-31H2,1-3H3,(H2,63,80)(H,68,81)(H,69,84)(H,70,85)(H,71,82)(H,72,83)(H,73,86)(H,92,93)(H4,64,65,66)/t33-,34+,38-,39-,40-,41-,42-,43-,44-,45-,46-,49-,50-/m0/s1. The van der Waals surface area contributed by atoms with Crippen LogP contribution < -0.4 is 49.1 Å². The number of aliphatic hydroxyl groups excluding tert-OH is 1. The fraction of sp³-hybridized carbons (Fsp3) is 0.645. The minimum atomic E-state index is -1.66. The number of fused-ring (bicyclic) bond motifs is 1. The number of carboxylic acids is 1. The molecule has 12 amide bonds. The van der Waals surface area contributed by atoms with Crippen molar-refractivity contribution in [3.8, 4) is 0 Å². The van der Waals surface area contributed by atoms with Crippen molar-refractivity contribution in [2.75, 3.05) is 39.3 Å². The highest BCUT2D eigenvalue weighted by atomic mass is 16.4. The quantitative estimate of drug-likeness (QED) is 0.0233. The van der Waals surface area contributed by atoms with Gasteiger partial charge in [0.2, 0.25) is 70.9 Å². The second-order valence-corrected chi connectivity index (χ2v) is 25.2. The van der Waals surface area contributed by atoms with Crippen LogP contribution in [-0.4, -0.2) is 234 Å². The summed E-state index contributed by atoms with van der Waals surface area (Å²) in [4.78, 5) is 194. The average Bonchev–Trinajstić information content (AvgIpc) is 1.77. The molecule has 8 rings (SSSR count). The van der Waals surface area contributed by atoms with E-state index in [0.717, 1.165) is 21.4 Å². The lowest BCUT2D eigenvalue weighted by atomic mass is 9.96. The normalized spacial score (nSPS) is 23.4. The van der Waals surface area contributed by atoms with Gasteiger partial charge in [0.05, 0.1) is 6.10 Å². The molecule has 0 radical (unpaired) electrons. The van der Waals surface area contributed by atoms with E-state index in [9.17, 15) is 72.5 Å². The Balaban J connectivity index is 0.934. The van der Waals surface area contributed by atoms with E-state index in [1.54, 1.807) is 20.0 Å². The fourth-order valence-electron chi connectivity index (χ4n) is 13.7. The molecule has 1 aromatic heterocycles. The number of likely N-dealkylation sites (tertiary alicyclic amines) is 5. The Kier molecular flexibility index (Phi) is 23.8. The minimum Gasteiger partial charge on any atom is -0.480 e. The third-order valence-corrected chi connectivity index (χ3v) is 18.9. The molecule has 0 unspecified atom stereocenters. The van der Waals surface area contributed by atoms with E-state index in [-0.39, 0.29) is 135 Å². The Morgan fingerprint density at radius 1 is 0.613 bits per heavy atom. The number of aliphatic hydroxyl groups is 1. The second-order valence-electron chi connectivity index (χ2n) is 25.2. The maximum absolute atomic E-state index is 14.8. The number of primary amides is 1. The van der Waals surface area contributed by atoms with E-state index < -0.39 is 149 Å². The zero-order valence-electron chi connectivity index (χ0n) is 53.0. The number of amides is 12. The van der Waals surface area contributed by atoms with Gasteiger partial charge < -0.3 is 88.8 Å². The smallest absolute Gasteiger partial charge is 0.326 e. The maximum Gasteiger partial charge on any atom is 0.326 e. The summed E-state index contributed by atoms with van der Waals surface area (Å²) in [6.07, 6.45) is 3.38. The van der Waals surface area contributed by atoms with E-state index >= 15 is 0 Å². The first-order chi connectivity index (χ1) is 44.4.